The Kier molecular flexibility index (Phi) is 3.24. The molecule has 1 saturated heterocycles. The fourth-order valence-corrected chi connectivity index (χ4v) is 1.08. The van der Waals surface area contributed by atoms with Crippen molar-refractivity contribution in [1.29, 1.82) is 0 Å². The molecule has 5 heteroatoms. The van der Waals surface area contributed by atoms with Crippen molar-refractivity contribution in [2.45, 2.75) is 18.6 Å². The first-order valence-corrected chi connectivity index (χ1v) is 4.03. The van der Waals surface area contributed by atoms with Crippen LogP contribution in [0.15, 0.2) is 12.7 Å². The highest BCUT2D eigenvalue weighted by molar-refractivity contribution is 5.82. The molecular formula is C9H9NO4. The molecule has 14 heavy (non-hydrogen) atoms. The van der Waals surface area contributed by atoms with Gasteiger partial charge in [0.15, 0.2) is 0 Å². The predicted molar refractivity (Wildman–Crippen MR) is 46.0 cm³/mol. The summed E-state index contributed by atoms with van der Waals surface area (Å²) in [7, 11) is 0. The van der Waals surface area contributed by atoms with Gasteiger partial charge in [-0.15, -0.1) is 0 Å². The van der Waals surface area contributed by atoms with E-state index in [4.69, 9.17) is 11.3 Å². The molecule has 0 bridgehead atoms. The van der Waals surface area contributed by atoms with Crippen molar-refractivity contribution in [3.05, 3.63) is 24.1 Å². The lowest BCUT2D eigenvalue weighted by Gasteiger charge is -2.21. The van der Waals surface area contributed by atoms with Gasteiger partial charge in [-0.25, -0.2) is 16.2 Å². The minimum Gasteiger partial charge on any atom is -0.456 e. The molecule has 0 amide bonds. The summed E-state index contributed by atoms with van der Waals surface area (Å²) in [5, 5.41) is 0. The smallest absolute Gasteiger partial charge is 0.390 e. The van der Waals surface area contributed by atoms with Crippen LogP contribution >= 0.6 is 0 Å². The van der Waals surface area contributed by atoms with Crippen LogP contribution in [0, 0.1) is 6.57 Å². The number of rotatable bonds is 2. The summed E-state index contributed by atoms with van der Waals surface area (Å²) in [5.41, 5.74) is 0. The number of carbonyl (C=O) groups excluding carboxylic acids is 2. The van der Waals surface area contributed by atoms with Gasteiger partial charge in [0.1, 0.15) is 12.7 Å². The maximum atomic E-state index is 10.9. The van der Waals surface area contributed by atoms with Crippen LogP contribution in [0.2, 0.25) is 0 Å². The maximum absolute atomic E-state index is 10.9. The Labute approximate surface area is 81.1 Å². The van der Waals surface area contributed by atoms with E-state index < -0.39 is 24.1 Å². The first-order valence-electron chi connectivity index (χ1n) is 4.03. The van der Waals surface area contributed by atoms with E-state index in [0.717, 1.165) is 6.08 Å². The van der Waals surface area contributed by atoms with E-state index in [1.807, 2.05) is 0 Å². The van der Waals surface area contributed by atoms with Crippen molar-refractivity contribution in [2.75, 3.05) is 6.61 Å². The molecule has 74 valence electrons. The van der Waals surface area contributed by atoms with Crippen molar-refractivity contribution in [3.63, 3.8) is 0 Å². The first kappa shape index (κ1) is 10.3. The largest absolute Gasteiger partial charge is 0.456 e. The second-order valence-electron chi connectivity index (χ2n) is 2.77. The number of nitrogens with zero attached hydrogens (tertiary/aromatic N) is 1. The SMILES string of the molecule is [C-]#[N+]C1CC(OC(=O)C=C)COC1=O. The van der Waals surface area contributed by atoms with Crippen LogP contribution in [-0.2, 0) is 19.1 Å². The molecule has 2 unspecified atom stereocenters. The van der Waals surface area contributed by atoms with Gasteiger partial charge in [-0.3, -0.25) is 0 Å². The molecule has 0 spiro atoms. The third-order valence-electron chi connectivity index (χ3n) is 1.78. The van der Waals surface area contributed by atoms with Crippen LogP contribution in [0.4, 0.5) is 0 Å². The predicted octanol–water partition coefficient (Wildman–Crippen LogP) is 0.319. The average Bonchev–Trinajstić information content (AvgIpc) is 2.20. The Hall–Kier alpha value is -1.83. The van der Waals surface area contributed by atoms with E-state index in [9.17, 15) is 9.59 Å². The number of hydrogen-bond donors (Lipinski definition) is 0. The molecule has 0 N–H and O–H groups in total. The van der Waals surface area contributed by atoms with E-state index in [1.165, 1.54) is 0 Å². The van der Waals surface area contributed by atoms with Crippen LogP contribution in [0.25, 0.3) is 4.85 Å². The normalized spacial score (nSPS) is 25.8. The van der Waals surface area contributed by atoms with Gasteiger partial charge in [-0.1, -0.05) is 6.58 Å². The zero-order valence-corrected chi connectivity index (χ0v) is 7.43. The zero-order valence-electron chi connectivity index (χ0n) is 7.43. The van der Waals surface area contributed by atoms with Crippen molar-refractivity contribution in [2.24, 2.45) is 0 Å². The molecule has 0 aliphatic carbocycles. The molecule has 0 radical (unpaired) electrons. The summed E-state index contributed by atoms with van der Waals surface area (Å²) in [4.78, 5) is 24.8. The standard InChI is InChI=1S/C9H9NO4/c1-3-8(11)14-6-4-7(10-2)9(12)13-5-6/h3,6-7H,1,4-5H2. The summed E-state index contributed by atoms with van der Waals surface area (Å²) in [6.45, 7) is 9.96. The second-order valence-corrected chi connectivity index (χ2v) is 2.77. The highest BCUT2D eigenvalue weighted by Gasteiger charge is 2.36. The van der Waals surface area contributed by atoms with Crippen molar-refractivity contribution in [3.8, 4) is 0 Å². The molecular weight excluding hydrogens is 186 g/mol. The van der Waals surface area contributed by atoms with Crippen LogP contribution in [-0.4, -0.2) is 30.7 Å². The second kappa shape index (κ2) is 4.42. The number of esters is 2. The van der Waals surface area contributed by atoms with E-state index in [-0.39, 0.29) is 13.0 Å². The van der Waals surface area contributed by atoms with Gasteiger partial charge < -0.3 is 14.3 Å². The summed E-state index contributed by atoms with van der Waals surface area (Å²) >= 11 is 0. The molecule has 1 rings (SSSR count). The van der Waals surface area contributed by atoms with Crippen LogP contribution in [0.3, 0.4) is 0 Å². The molecule has 0 aromatic heterocycles. The van der Waals surface area contributed by atoms with E-state index >= 15 is 0 Å². The van der Waals surface area contributed by atoms with Gasteiger partial charge in [0, 0.05) is 6.08 Å². The summed E-state index contributed by atoms with van der Waals surface area (Å²) in [6.07, 6.45) is 0.697. The number of carbonyl (C=O) groups is 2. The molecule has 1 aliphatic rings. The number of hydrogen-bond acceptors (Lipinski definition) is 4. The number of cyclic esters (lactones) is 1. The van der Waals surface area contributed by atoms with Gasteiger partial charge >= 0.3 is 18.0 Å². The quantitative estimate of drug-likeness (QED) is 0.361. The van der Waals surface area contributed by atoms with Crippen molar-refractivity contribution >= 4 is 11.9 Å². The van der Waals surface area contributed by atoms with Crippen molar-refractivity contribution < 1.29 is 19.1 Å². The Morgan fingerprint density at radius 3 is 3.07 bits per heavy atom. The van der Waals surface area contributed by atoms with Gasteiger partial charge in [0.05, 0.1) is 6.42 Å². The average molecular weight is 195 g/mol. The summed E-state index contributed by atoms with van der Waals surface area (Å²) < 4.78 is 9.52. The lowest BCUT2D eigenvalue weighted by molar-refractivity contribution is -0.163. The Morgan fingerprint density at radius 2 is 2.50 bits per heavy atom. The van der Waals surface area contributed by atoms with Gasteiger partial charge in [-0.05, 0) is 0 Å². The Morgan fingerprint density at radius 1 is 1.79 bits per heavy atom. The number of ether oxygens (including phenoxy) is 2. The lowest BCUT2D eigenvalue weighted by atomic mass is 10.1. The monoisotopic (exact) mass is 195 g/mol. The summed E-state index contributed by atoms with van der Waals surface area (Å²) in [6, 6.07) is -0.855. The van der Waals surface area contributed by atoms with E-state index in [1.54, 1.807) is 0 Å². The van der Waals surface area contributed by atoms with Gasteiger partial charge in [0.25, 0.3) is 0 Å². The highest BCUT2D eigenvalue weighted by Crippen LogP contribution is 2.15. The first-order chi connectivity index (χ1) is 6.67. The lowest BCUT2D eigenvalue weighted by Crippen LogP contribution is -2.38. The van der Waals surface area contributed by atoms with Crippen LogP contribution in [0.1, 0.15) is 6.42 Å². The molecule has 0 saturated carbocycles. The maximum Gasteiger partial charge on any atom is 0.390 e. The van der Waals surface area contributed by atoms with E-state index in [2.05, 4.69) is 16.2 Å². The Bertz CT molecular complexity index is 304. The minimum absolute atomic E-state index is 0.0183. The fraction of sp³-hybridized carbons (Fsp3) is 0.444. The highest BCUT2D eigenvalue weighted by atomic mass is 16.6. The molecule has 5 nitrogen and oxygen atoms in total. The van der Waals surface area contributed by atoms with Crippen LogP contribution in [0.5, 0.6) is 0 Å². The molecule has 1 fully saturated rings. The third kappa shape index (κ3) is 2.33. The van der Waals surface area contributed by atoms with Crippen molar-refractivity contribution in [1.82, 2.24) is 0 Å². The molecule has 2 atom stereocenters. The van der Waals surface area contributed by atoms with Gasteiger partial charge in [-0.2, -0.15) is 0 Å². The minimum atomic E-state index is -0.855. The zero-order chi connectivity index (χ0) is 10.6. The molecule has 0 aromatic carbocycles. The van der Waals surface area contributed by atoms with Gasteiger partial charge in [0.2, 0.25) is 0 Å². The molecule has 0 aromatic rings. The fourth-order valence-electron chi connectivity index (χ4n) is 1.08. The Balaban J connectivity index is 2.51. The third-order valence-corrected chi connectivity index (χ3v) is 1.78. The molecule has 1 aliphatic heterocycles. The topological polar surface area (TPSA) is 57.0 Å². The summed E-state index contributed by atoms with van der Waals surface area (Å²) in [5.74, 6) is -1.12. The molecule has 1 heterocycles. The van der Waals surface area contributed by atoms with Crippen LogP contribution < -0.4 is 0 Å². The van der Waals surface area contributed by atoms with E-state index in [0.29, 0.717) is 0 Å².